The highest BCUT2D eigenvalue weighted by Crippen LogP contribution is 2.13. The molecule has 0 aromatic carbocycles. The van der Waals surface area contributed by atoms with Crippen molar-refractivity contribution in [3.63, 3.8) is 0 Å². The Labute approximate surface area is 108 Å². The third kappa shape index (κ3) is 8.56. The molecule has 0 aliphatic rings. The van der Waals surface area contributed by atoms with Gasteiger partial charge in [-0.25, -0.2) is 0 Å². The van der Waals surface area contributed by atoms with Crippen LogP contribution in [0.15, 0.2) is 23.3 Å². The van der Waals surface area contributed by atoms with Crippen LogP contribution in [0.2, 0.25) is 0 Å². The van der Waals surface area contributed by atoms with Crippen molar-refractivity contribution in [1.82, 2.24) is 0 Å². The summed E-state index contributed by atoms with van der Waals surface area (Å²) < 4.78 is 0. The lowest BCUT2D eigenvalue weighted by molar-refractivity contribution is -0.320. The molecule has 0 aromatic heterocycles. The first-order chi connectivity index (χ1) is 8.32. The van der Waals surface area contributed by atoms with Gasteiger partial charge < -0.3 is 19.8 Å². The SMILES string of the molecule is CC(C)=CCC/C(C)=C/CC(CC(=O)[O-])C(=O)[O-]. The smallest absolute Gasteiger partial charge is 0.0452 e. The van der Waals surface area contributed by atoms with E-state index in [0.29, 0.717) is 0 Å². The van der Waals surface area contributed by atoms with Crippen LogP contribution in [0.25, 0.3) is 0 Å². The van der Waals surface area contributed by atoms with Gasteiger partial charge in [0.25, 0.3) is 0 Å². The van der Waals surface area contributed by atoms with Crippen molar-refractivity contribution in [2.24, 2.45) is 5.92 Å². The summed E-state index contributed by atoms with van der Waals surface area (Å²) >= 11 is 0. The second-order valence-corrected chi connectivity index (χ2v) is 4.70. The number of rotatable bonds is 8. The molecule has 0 bridgehead atoms. The fraction of sp³-hybridized carbons (Fsp3) is 0.571. The van der Waals surface area contributed by atoms with Crippen LogP contribution in [0.5, 0.6) is 0 Å². The normalized spacial score (nSPS) is 12.9. The number of hydrogen-bond donors (Lipinski definition) is 0. The lowest BCUT2D eigenvalue weighted by Crippen LogP contribution is -2.36. The summed E-state index contributed by atoms with van der Waals surface area (Å²) in [5.74, 6) is -3.71. The zero-order valence-electron chi connectivity index (χ0n) is 11.2. The van der Waals surface area contributed by atoms with Crippen molar-refractivity contribution in [3.05, 3.63) is 23.3 Å². The number of hydrogen-bond acceptors (Lipinski definition) is 4. The van der Waals surface area contributed by atoms with Gasteiger partial charge in [0.2, 0.25) is 0 Å². The van der Waals surface area contributed by atoms with E-state index in [4.69, 9.17) is 0 Å². The maximum atomic E-state index is 10.7. The van der Waals surface area contributed by atoms with Crippen LogP contribution in [-0.2, 0) is 9.59 Å². The number of allylic oxidation sites excluding steroid dienone is 4. The van der Waals surface area contributed by atoms with E-state index in [2.05, 4.69) is 6.08 Å². The van der Waals surface area contributed by atoms with Gasteiger partial charge in [0, 0.05) is 17.9 Å². The molecule has 0 aliphatic heterocycles. The number of carboxylic acids is 2. The van der Waals surface area contributed by atoms with Gasteiger partial charge in [-0.2, -0.15) is 0 Å². The Kier molecular flexibility index (Phi) is 7.76. The van der Waals surface area contributed by atoms with Crippen LogP contribution >= 0.6 is 0 Å². The van der Waals surface area contributed by atoms with Gasteiger partial charge in [0.05, 0.1) is 0 Å². The van der Waals surface area contributed by atoms with E-state index in [0.717, 1.165) is 18.4 Å². The fourth-order valence-corrected chi connectivity index (χ4v) is 1.50. The van der Waals surface area contributed by atoms with Crippen molar-refractivity contribution < 1.29 is 19.8 Å². The molecule has 18 heavy (non-hydrogen) atoms. The van der Waals surface area contributed by atoms with Crippen LogP contribution in [0.3, 0.4) is 0 Å². The molecule has 102 valence electrons. The van der Waals surface area contributed by atoms with Gasteiger partial charge in [0.15, 0.2) is 0 Å². The molecule has 0 heterocycles. The van der Waals surface area contributed by atoms with Crippen molar-refractivity contribution in [2.75, 3.05) is 0 Å². The Morgan fingerprint density at radius 3 is 2.17 bits per heavy atom. The molecule has 0 saturated heterocycles. The molecule has 0 saturated carbocycles. The maximum Gasteiger partial charge on any atom is 0.0452 e. The van der Waals surface area contributed by atoms with Crippen LogP contribution in [0.4, 0.5) is 0 Å². The zero-order chi connectivity index (χ0) is 14.1. The topological polar surface area (TPSA) is 80.3 Å². The van der Waals surface area contributed by atoms with E-state index >= 15 is 0 Å². The van der Waals surface area contributed by atoms with E-state index < -0.39 is 24.3 Å². The standard InChI is InChI=1S/C14H22O4/c1-10(2)5-4-6-11(3)7-8-12(14(17)18)9-13(15)16/h5,7,12H,4,6,8-9H2,1-3H3,(H,15,16)(H,17,18)/p-2/b11-7+. The first kappa shape index (κ1) is 16.4. The molecule has 0 fully saturated rings. The largest absolute Gasteiger partial charge is 0.550 e. The monoisotopic (exact) mass is 252 g/mol. The van der Waals surface area contributed by atoms with Gasteiger partial charge in [-0.3, -0.25) is 0 Å². The Morgan fingerprint density at radius 2 is 1.72 bits per heavy atom. The van der Waals surface area contributed by atoms with Crippen LogP contribution in [0.1, 0.15) is 46.5 Å². The highest BCUT2D eigenvalue weighted by atomic mass is 16.4. The fourth-order valence-electron chi connectivity index (χ4n) is 1.50. The minimum Gasteiger partial charge on any atom is -0.550 e. The average Bonchev–Trinajstić information content (AvgIpc) is 2.22. The van der Waals surface area contributed by atoms with E-state index in [-0.39, 0.29) is 6.42 Å². The van der Waals surface area contributed by atoms with Crippen molar-refractivity contribution in [3.8, 4) is 0 Å². The van der Waals surface area contributed by atoms with Gasteiger partial charge >= 0.3 is 0 Å². The van der Waals surface area contributed by atoms with Crippen molar-refractivity contribution >= 4 is 11.9 Å². The molecule has 0 spiro atoms. The predicted octanol–water partition coefficient (Wildman–Crippen LogP) is 0.575. The van der Waals surface area contributed by atoms with Gasteiger partial charge in [-0.05, 0) is 46.5 Å². The highest BCUT2D eigenvalue weighted by Gasteiger charge is 2.08. The summed E-state index contributed by atoms with van der Waals surface area (Å²) in [5.41, 5.74) is 2.30. The summed E-state index contributed by atoms with van der Waals surface area (Å²) in [6.07, 6.45) is 5.30. The van der Waals surface area contributed by atoms with Crippen LogP contribution < -0.4 is 10.2 Å². The van der Waals surface area contributed by atoms with Gasteiger partial charge in [-0.1, -0.05) is 23.3 Å². The van der Waals surface area contributed by atoms with Gasteiger partial charge in [-0.15, -0.1) is 0 Å². The summed E-state index contributed by atoms with van der Waals surface area (Å²) in [5, 5.41) is 21.1. The minimum atomic E-state index is -1.36. The molecule has 0 N–H and O–H groups in total. The number of carbonyl (C=O) groups is 2. The molecular formula is C14H20O4-2. The first-order valence-corrected chi connectivity index (χ1v) is 6.02. The molecule has 1 atom stereocenters. The molecule has 0 rings (SSSR count). The minimum absolute atomic E-state index is 0.178. The summed E-state index contributed by atoms with van der Waals surface area (Å²) in [6.45, 7) is 5.94. The van der Waals surface area contributed by atoms with Crippen LogP contribution in [0, 0.1) is 5.92 Å². The van der Waals surface area contributed by atoms with Crippen LogP contribution in [-0.4, -0.2) is 11.9 Å². The molecule has 0 amide bonds. The third-order valence-electron chi connectivity index (χ3n) is 2.59. The Balaban J connectivity index is 4.26. The average molecular weight is 252 g/mol. The predicted molar refractivity (Wildman–Crippen MR) is 65.2 cm³/mol. The first-order valence-electron chi connectivity index (χ1n) is 6.02. The molecule has 0 aromatic rings. The lowest BCUT2D eigenvalue weighted by Gasteiger charge is -2.16. The second-order valence-electron chi connectivity index (χ2n) is 4.70. The second kappa shape index (κ2) is 8.50. The van der Waals surface area contributed by atoms with Crippen molar-refractivity contribution in [1.29, 1.82) is 0 Å². The molecule has 1 unspecified atom stereocenters. The molecule has 4 nitrogen and oxygen atoms in total. The van der Waals surface area contributed by atoms with E-state index in [1.165, 1.54) is 5.57 Å². The summed E-state index contributed by atoms with van der Waals surface area (Å²) in [6, 6.07) is 0. The Bertz CT molecular complexity index is 349. The molecule has 0 radical (unpaired) electrons. The van der Waals surface area contributed by atoms with E-state index in [1.54, 1.807) is 6.08 Å². The molecule has 4 heteroatoms. The third-order valence-corrected chi connectivity index (χ3v) is 2.59. The Morgan fingerprint density at radius 1 is 1.11 bits per heavy atom. The number of carbonyl (C=O) groups excluding carboxylic acids is 2. The highest BCUT2D eigenvalue weighted by molar-refractivity contribution is 5.75. The molecular weight excluding hydrogens is 232 g/mol. The van der Waals surface area contributed by atoms with Crippen molar-refractivity contribution in [2.45, 2.75) is 46.5 Å². The lowest BCUT2D eigenvalue weighted by atomic mass is 9.99. The summed E-state index contributed by atoms with van der Waals surface area (Å²) in [4.78, 5) is 21.1. The Hall–Kier alpha value is -1.58. The van der Waals surface area contributed by atoms with E-state index in [1.807, 2.05) is 20.8 Å². The quantitative estimate of drug-likeness (QED) is 0.592. The number of carboxylic acid groups (broad SMARTS) is 2. The maximum absolute atomic E-state index is 10.7. The number of aliphatic carboxylic acids is 2. The summed E-state index contributed by atoms with van der Waals surface area (Å²) in [7, 11) is 0. The van der Waals surface area contributed by atoms with Gasteiger partial charge in [0.1, 0.15) is 0 Å². The van der Waals surface area contributed by atoms with E-state index in [9.17, 15) is 19.8 Å². The zero-order valence-corrected chi connectivity index (χ0v) is 11.2. The molecule has 0 aliphatic carbocycles.